The third-order valence-electron chi connectivity index (χ3n) is 8.71. The zero-order chi connectivity index (χ0) is 39.0. The predicted octanol–water partition coefficient (Wildman–Crippen LogP) is 4.72. The average molecular weight is 894 g/mol. The number of halogens is 3. The van der Waals surface area contributed by atoms with E-state index < -0.39 is 5.95 Å². The molecule has 3 aliphatic rings. The van der Waals surface area contributed by atoms with Crippen molar-refractivity contribution >= 4 is 54.6 Å². The Kier molecular flexibility index (Phi) is 17.0. The maximum absolute atomic E-state index is 13.3. The number of nitrogens with zero attached hydrogens (tertiary/aromatic N) is 6. The van der Waals surface area contributed by atoms with Crippen LogP contribution in [0.2, 0.25) is 0 Å². The summed E-state index contributed by atoms with van der Waals surface area (Å²) >= 11 is 6.68. The molecular weight excluding hydrogens is 845 g/mol. The molecule has 4 aromatic rings. The monoisotopic (exact) mass is 891 g/mol. The van der Waals surface area contributed by atoms with Crippen LogP contribution in [0.5, 0.6) is 11.8 Å². The maximum atomic E-state index is 13.3. The number of rotatable bonds is 10. The molecule has 0 spiro atoms. The summed E-state index contributed by atoms with van der Waals surface area (Å²) in [5.41, 5.74) is 12.3. The lowest BCUT2D eigenvalue weighted by Gasteiger charge is -2.30. The van der Waals surface area contributed by atoms with Crippen LogP contribution in [0, 0.1) is 12.9 Å². The smallest absolute Gasteiger partial charge is 0.237 e. The Morgan fingerprint density at radius 3 is 1.65 bits per heavy atom. The summed E-state index contributed by atoms with van der Waals surface area (Å²) in [6.07, 6.45) is 4.94. The van der Waals surface area contributed by atoms with Crippen LogP contribution >= 0.6 is 31.9 Å². The number of nitrogen functional groups attached to an aromatic ring is 1. The molecule has 3 aliphatic heterocycles. The Hall–Kier alpha value is -3.84. The van der Waals surface area contributed by atoms with Crippen molar-refractivity contribution in [3.63, 3.8) is 0 Å². The van der Waals surface area contributed by atoms with E-state index in [1.165, 1.54) is 6.20 Å². The van der Waals surface area contributed by atoms with Gasteiger partial charge in [-0.15, -0.1) is 0 Å². The van der Waals surface area contributed by atoms with Crippen LogP contribution < -0.4 is 29.9 Å². The Bertz CT molecular complexity index is 1800. The molecule has 3 saturated heterocycles. The van der Waals surface area contributed by atoms with Gasteiger partial charge in [0.05, 0.1) is 58.5 Å². The summed E-state index contributed by atoms with van der Waals surface area (Å²) in [6.45, 7) is 11.2. The van der Waals surface area contributed by atoms with Crippen LogP contribution in [0.4, 0.5) is 27.1 Å². The number of morpholine rings is 3. The summed E-state index contributed by atoms with van der Waals surface area (Å²) < 4.78 is 42.0. The van der Waals surface area contributed by atoms with Gasteiger partial charge < -0.3 is 54.3 Å². The van der Waals surface area contributed by atoms with Gasteiger partial charge in [-0.1, -0.05) is 6.07 Å². The highest BCUT2D eigenvalue weighted by Crippen LogP contribution is 2.34. The predicted molar refractivity (Wildman–Crippen MR) is 217 cm³/mol. The molecule has 1 aromatic carbocycles. The second-order valence-electron chi connectivity index (χ2n) is 12.5. The minimum atomic E-state index is -0.421. The summed E-state index contributed by atoms with van der Waals surface area (Å²) in [5.74, 6) is 0.676. The number of nitrogens with two attached hydrogens (primary N) is 1. The molecule has 3 aromatic heterocycles. The van der Waals surface area contributed by atoms with Gasteiger partial charge in [-0.05, 0) is 80.2 Å². The topological polar surface area (TPSA) is 161 Å². The van der Waals surface area contributed by atoms with Gasteiger partial charge in [0.15, 0.2) is 0 Å². The highest BCUT2D eigenvalue weighted by Gasteiger charge is 2.20. The highest BCUT2D eigenvalue weighted by molar-refractivity contribution is 9.10. The van der Waals surface area contributed by atoms with E-state index in [-0.39, 0.29) is 26.4 Å². The molecule has 4 N–H and O–H groups in total. The third-order valence-corrected chi connectivity index (χ3v) is 9.57. The van der Waals surface area contributed by atoms with Crippen LogP contribution in [-0.2, 0) is 14.2 Å². The molecule has 0 bridgehead atoms. The number of pyridine rings is 3. The van der Waals surface area contributed by atoms with Crippen molar-refractivity contribution in [1.82, 2.24) is 15.0 Å². The van der Waals surface area contributed by atoms with E-state index in [1.54, 1.807) is 18.5 Å². The number of hydrogen-bond donors (Lipinski definition) is 3. The average Bonchev–Trinajstić information content (AvgIpc) is 3.23. The van der Waals surface area contributed by atoms with Crippen LogP contribution in [0.25, 0.3) is 11.1 Å². The van der Waals surface area contributed by atoms with Crippen LogP contribution in [0.1, 0.15) is 5.56 Å². The van der Waals surface area contributed by atoms with Gasteiger partial charge in [0.25, 0.3) is 0 Å². The zero-order valence-electron chi connectivity index (χ0n) is 30.8. The lowest BCUT2D eigenvalue weighted by Crippen LogP contribution is -2.36. The molecule has 0 amide bonds. The van der Waals surface area contributed by atoms with Gasteiger partial charge >= 0.3 is 0 Å². The van der Waals surface area contributed by atoms with Gasteiger partial charge in [-0.3, -0.25) is 0 Å². The first-order valence-corrected chi connectivity index (χ1v) is 19.6. The maximum Gasteiger partial charge on any atom is 0.237 e. The zero-order valence-corrected chi connectivity index (χ0v) is 34.0. The fourth-order valence-electron chi connectivity index (χ4n) is 5.96. The normalized spacial score (nSPS) is 15.7. The Morgan fingerprint density at radius 1 is 0.673 bits per heavy atom. The van der Waals surface area contributed by atoms with Gasteiger partial charge in [0.2, 0.25) is 17.7 Å². The third kappa shape index (κ3) is 12.6. The number of aryl methyl sites for hydroxylation is 1. The van der Waals surface area contributed by atoms with E-state index >= 15 is 0 Å². The number of aromatic nitrogens is 3. The summed E-state index contributed by atoms with van der Waals surface area (Å²) in [4.78, 5) is 18.7. The molecule has 0 aliphatic carbocycles. The van der Waals surface area contributed by atoms with Crippen molar-refractivity contribution in [2.24, 2.45) is 0 Å². The molecule has 3 fully saturated rings. The van der Waals surface area contributed by atoms with Gasteiger partial charge in [0, 0.05) is 78.1 Å². The second-order valence-corrected chi connectivity index (χ2v) is 14.3. The number of ether oxygens (including phenoxy) is 5. The van der Waals surface area contributed by atoms with Crippen LogP contribution in [0.15, 0.2) is 63.9 Å². The lowest BCUT2D eigenvalue weighted by molar-refractivity contribution is 0.122. The van der Waals surface area contributed by atoms with E-state index in [2.05, 4.69) is 69.6 Å². The molecule has 0 unspecified atom stereocenters. The number of hydrogen-bond acceptors (Lipinski definition) is 14. The minimum Gasteiger partial charge on any atom is -0.474 e. The summed E-state index contributed by atoms with van der Waals surface area (Å²) in [5, 5.41) is 17.8. The summed E-state index contributed by atoms with van der Waals surface area (Å²) in [6, 6.07) is 11.7. The molecule has 0 radical (unpaired) electrons. The Balaban J connectivity index is 0.000000165. The first kappa shape index (κ1) is 42.3. The quantitative estimate of drug-likeness (QED) is 0.148. The van der Waals surface area contributed by atoms with E-state index in [0.29, 0.717) is 57.1 Å². The number of aliphatic hydroxyl groups excluding tert-OH is 2. The minimum absolute atomic E-state index is 0.0136. The second kappa shape index (κ2) is 22.0. The molecule has 6 heterocycles. The van der Waals surface area contributed by atoms with Crippen molar-refractivity contribution in [3.8, 4) is 22.9 Å². The SMILES string of the molecule is Cc1ccc(N)cc1-c1cnc(OCCO)c(N2CCOCC2)c1.Fc1ncc(Br)cc1N1CCOCC1.OCCOc1ncc(Br)cc1N1CCOCC1. The Morgan fingerprint density at radius 2 is 1.13 bits per heavy atom. The van der Waals surface area contributed by atoms with Crippen molar-refractivity contribution < 1.29 is 38.3 Å². The Labute approximate surface area is 337 Å². The molecule has 14 nitrogen and oxygen atoms in total. The van der Waals surface area contributed by atoms with Gasteiger partial charge in [-0.2, -0.15) is 4.39 Å². The largest absolute Gasteiger partial charge is 0.474 e. The van der Waals surface area contributed by atoms with Crippen molar-refractivity contribution in [2.75, 3.05) is 126 Å². The number of aliphatic hydroxyl groups is 2. The van der Waals surface area contributed by atoms with E-state index in [9.17, 15) is 4.39 Å². The fraction of sp³-hybridized carbons (Fsp3) is 0.447. The molecule has 17 heteroatoms. The van der Waals surface area contributed by atoms with Crippen LogP contribution in [-0.4, -0.2) is 131 Å². The number of benzene rings is 1. The summed E-state index contributed by atoms with van der Waals surface area (Å²) in [7, 11) is 0. The van der Waals surface area contributed by atoms with E-state index in [1.807, 2.05) is 29.2 Å². The molecule has 0 atom stereocenters. The molecule has 7 rings (SSSR count). The van der Waals surface area contributed by atoms with Crippen molar-refractivity contribution in [2.45, 2.75) is 6.92 Å². The van der Waals surface area contributed by atoms with Crippen molar-refractivity contribution in [1.29, 1.82) is 0 Å². The van der Waals surface area contributed by atoms with Gasteiger partial charge in [0.1, 0.15) is 24.6 Å². The standard InChI is InChI=1S/C18H23N3O3.C11H15BrN2O3.C9H10BrFN2O/c1-13-2-3-15(19)11-16(13)14-10-17(21-4-7-23-8-5-21)18(20-12-14)24-9-6-22;12-9-7-10(14-1-4-16-5-2-14)11(13-8-9)17-6-3-15;10-7-5-8(9(11)12-6-7)13-1-3-14-4-2-13/h2-3,10-12,22H,4-9,19H2,1H3;7-8,15H,1-6H2;5-6H,1-4H2. The molecule has 298 valence electrons. The van der Waals surface area contributed by atoms with Gasteiger partial charge in [-0.25, -0.2) is 15.0 Å². The molecule has 0 saturated carbocycles. The lowest BCUT2D eigenvalue weighted by atomic mass is 10.0. The molecule has 55 heavy (non-hydrogen) atoms. The first-order valence-electron chi connectivity index (χ1n) is 18.1. The highest BCUT2D eigenvalue weighted by atomic mass is 79.9. The fourth-order valence-corrected chi connectivity index (χ4v) is 6.60. The van der Waals surface area contributed by atoms with Crippen molar-refractivity contribution in [3.05, 3.63) is 75.4 Å². The number of anilines is 4. The first-order chi connectivity index (χ1) is 26.8. The van der Waals surface area contributed by atoms with Crippen LogP contribution in [0.3, 0.4) is 0 Å². The van der Waals surface area contributed by atoms with E-state index in [4.69, 9.17) is 39.6 Å². The van der Waals surface area contributed by atoms with E-state index in [0.717, 1.165) is 82.0 Å². The molecular formula is C38H48Br2FN7O7.